The third kappa shape index (κ3) is 4.45. The molecule has 0 fully saturated rings. The monoisotopic (exact) mass is 358 g/mol. The zero-order valence-electron chi connectivity index (χ0n) is 13.3. The van der Waals surface area contributed by atoms with Crippen LogP contribution in [0.25, 0.3) is 11.5 Å². The number of nitrogens with zero attached hydrogens (tertiary/aromatic N) is 1. The van der Waals surface area contributed by atoms with Crippen molar-refractivity contribution in [3.63, 3.8) is 0 Å². The van der Waals surface area contributed by atoms with Crippen LogP contribution >= 0.6 is 11.6 Å². The Balaban J connectivity index is 1.51. The molecule has 0 bridgehead atoms. The van der Waals surface area contributed by atoms with Gasteiger partial charge in [-0.15, -0.1) is 0 Å². The first-order valence-electron chi connectivity index (χ1n) is 7.82. The van der Waals surface area contributed by atoms with Crippen molar-refractivity contribution in [1.29, 1.82) is 0 Å². The van der Waals surface area contributed by atoms with Gasteiger partial charge in [-0.3, -0.25) is 9.78 Å². The van der Waals surface area contributed by atoms with Crippen molar-refractivity contribution in [3.05, 3.63) is 76.9 Å². The second-order valence-electron chi connectivity index (χ2n) is 5.51. The van der Waals surface area contributed by atoms with Crippen LogP contribution in [0.1, 0.15) is 17.5 Å². The number of carbonyl (C=O) groups excluding carboxylic acids is 1. The predicted molar refractivity (Wildman–Crippen MR) is 93.5 cm³/mol. The van der Waals surface area contributed by atoms with Gasteiger partial charge in [-0.2, -0.15) is 0 Å². The summed E-state index contributed by atoms with van der Waals surface area (Å²) in [5.74, 6) is 0.129. The molecule has 0 atom stereocenters. The van der Waals surface area contributed by atoms with E-state index in [2.05, 4.69) is 10.3 Å². The molecular weight excluding hydrogens is 343 g/mol. The van der Waals surface area contributed by atoms with E-state index in [-0.39, 0.29) is 18.7 Å². The lowest BCUT2D eigenvalue weighted by molar-refractivity contribution is -0.121. The number of nitrogens with one attached hydrogen (secondary N) is 1. The average Bonchev–Trinajstić information content (AvgIpc) is 3.14. The van der Waals surface area contributed by atoms with Crippen LogP contribution in [-0.2, 0) is 17.8 Å². The minimum Gasteiger partial charge on any atom is -0.463 e. The molecule has 1 N–H and O–H groups in total. The molecule has 1 aromatic carbocycles. The van der Waals surface area contributed by atoms with Gasteiger partial charge in [-0.25, -0.2) is 4.39 Å². The number of benzene rings is 1. The van der Waals surface area contributed by atoms with Gasteiger partial charge < -0.3 is 9.73 Å². The molecule has 25 heavy (non-hydrogen) atoms. The van der Waals surface area contributed by atoms with Crippen molar-refractivity contribution in [2.24, 2.45) is 0 Å². The molecule has 4 nitrogen and oxygen atoms in total. The summed E-state index contributed by atoms with van der Waals surface area (Å²) >= 11 is 5.96. The number of rotatable bonds is 6. The topological polar surface area (TPSA) is 55.1 Å². The van der Waals surface area contributed by atoms with Gasteiger partial charge >= 0.3 is 0 Å². The first kappa shape index (κ1) is 17.2. The molecule has 0 saturated carbocycles. The van der Waals surface area contributed by atoms with Gasteiger partial charge in [0, 0.05) is 29.7 Å². The van der Waals surface area contributed by atoms with Gasteiger partial charge in [0.15, 0.2) is 5.76 Å². The fourth-order valence-corrected chi connectivity index (χ4v) is 2.66. The van der Waals surface area contributed by atoms with Gasteiger partial charge in [0.2, 0.25) is 5.91 Å². The zero-order valence-corrected chi connectivity index (χ0v) is 14.1. The molecule has 2 heterocycles. The highest BCUT2D eigenvalue weighted by Crippen LogP contribution is 2.20. The summed E-state index contributed by atoms with van der Waals surface area (Å²) in [5, 5.41) is 3.13. The minimum absolute atomic E-state index is 0.165. The summed E-state index contributed by atoms with van der Waals surface area (Å²) in [6.45, 7) is 0.356. The van der Waals surface area contributed by atoms with Crippen LogP contribution < -0.4 is 5.32 Å². The molecule has 0 radical (unpaired) electrons. The van der Waals surface area contributed by atoms with E-state index in [1.165, 1.54) is 6.07 Å². The van der Waals surface area contributed by atoms with Gasteiger partial charge in [-0.1, -0.05) is 23.7 Å². The summed E-state index contributed by atoms with van der Waals surface area (Å²) in [6.07, 6.45) is 3.70. The SMILES string of the molecule is O=C(CCc1c(F)cccc1Cl)NCc1ccc(-c2ccco2)nc1. The Hall–Kier alpha value is -2.66. The molecular formula is C19H16ClFN2O2. The molecule has 6 heteroatoms. The number of hydrogen-bond donors (Lipinski definition) is 1. The van der Waals surface area contributed by atoms with Crippen LogP contribution in [0, 0.1) is 5.82 Å². The fourth-order valence-electron chi connectivity index (χ4n) is 2.40. The summed E-state index contributed by atoms with van der Waals surface area (Å²) < 4.78 is 19.0. The van der Waals surface area contributed by atoms with E-state index in [0.29, 0.717) is 22.9 Å². The van der Waals surface area contributed by atoms with Crippen molar-refractivity contribution in [2.45, 2.75) is 19.4 Å². The molecule has 0 unspecified atom stereocenters. The summed E-state index contributed by atoms with van der Waals surface area (Å²) in [4.78, 5) is 16.3. The number of halogens is 2. The lowest BCUT2D eigenvalue weighted by Crippen LogP contribution is -2.23. The number of furan rings is 1. The summed E-state index contributed by atoms with van der Waals surface area (Å²) in [5.41, 5.74) is 1.96. The third-order valence-corrected chi connectivity index (χ3v) is 4.11. The van der Waals surface area contributed by atoms with E-state index in [4.69, 9.17) is 16.0 Å². The van der Waals surface area contributed by atoms with Crippen molar-refractivity contribution >= 4 is 17.5 Å². The minimum atomic E-state index is -0.391. The Morgan fingerprint density at radius 3 is 2.76 bits per heavy atom. The van der Waals surface area contributed by atoms with Crippen molar-refractivity contribution in [1.82, 2.24) is 10.3 Å². The third-order valence-electron chi connectivity index (χ3n) is 3.75. The van der Waals surface area contributed by atoms with Crippen molar-refractivity contribution in [2.75, 3.05) is 0 Å². The van der Waals surface area contributed by atoms with Crippen LogP contribution in [0.2, 0.25) is 5.02 Å². The standard InChI is InChI=1S/C19H16ClFN2O2/c20-15-3-1-4-16(21)14(15)7-9-19(24)23-12-13-6-8-17(22-11-13)18-5-2-10-25-18/h1-6,8,10-11H,7,9,12H2,(H,23,24). The average molecular weight is 359 g/mol. The van der Waals surface area contributed by atoms with Crippen LogP contribution in [-0.4, -0.2) is 10.9 Å². The lowest BCUT2D eigenvalue weighted by Gasteiger charge is -2.07. The van der Waals surface area contributed by atoms with E-state index < -0.39 is 5.82 Å². The molecule has 0 aliphatic carbocycles. The molecule has 2 aromatic heterocycles. The van der Waals surface area contributed by atoms with Crippen molar-refractivity contribution in [3.8, 4) is 11.5 Å². The van der Waals surface area contributed by atoms with Crippen LogP contribution in [0.15, 0.2) is 59.3 Å². The Kier molecular flexibility index (Phi) is 5.46. The van der Waals surface area contributed by atoms with Gasteiger partial charge in [0.25, 0.3) is 0 Å². The number of pyridine rings is 1. The highest BCUT2D eigenvalue weighted by Gasteiger charge is 2.10. The molecule has 3 rings (SSSR count). The lowest BCUT2D eigenvalue weighted by atomic mass is 10.1. The van der Waals surface area contributed by atoms with E-state index in [9.17, 15) is 9.18 Å². The molecule has 0 aliphatic heterocycles. The molecule has 128 valence electrons. The van der Waals surface area contributed by atoms with E-state index in [1.807, 2.05) is 18.2 Å². The second kappa shape index (κ2) is 7.94. The molecule has 0 spiro atoms. The van der Waals surface area contributed by atoms with Crippen LogP contribution in [0.3, 0.4) is 0 Å². The number of amides is 1. The molecule has 0 aliphatic rings. The van der Waals surface area contributed by atoms with Crippen molar-refractivity contribution < 1.29 is 13.6 Å². The Bertz CT molecular complexity index is 828. The first-order chi connectivity index (χ1) is 12.1. The molecule has 1 amide bonds. The second-order valence-corrected chi connectivity index (χ2v) is 5.91. The highest BCUT2D eigenvalue weighted by molar-refractivity contribution is 6.31. The quantitative estimate of drug-likeness (QED) is 0.711. The largest absolute Gasteiger partial charge is 0.463 e. The highest BCUT2D eigenvalue weighted by atomic mass is 35.5. The number of carbonyl (C=O) groups is 1. The van der Waals surface area contributed by atoms with Gasteiger partial charge in [-0.05, 0) is 42.3 Å². The van der Waals surface area contributed by atoms with E-state index >= 15 is 0 Å². The first-order valence-corrected chi connectivity index (χ1v) is 8.19. The summed E-state index contributed by atoms with van der Waals surface area (Å²) in [7, 11) is 0. The zero-order chi connectivity index (χ0) is 17.6. The smallest absolute Gasteiger partial charge is 0.220 e. The van der Waals surface area contributed by atoms with E-state index in [1.54, 1.807) is 30.7 Å². The van der Waals surface area contributed by atoms with Crippen LogP contribution in [0.5, 0.6) is 0 Å². The van der Waals surface area contributed by atoms with Crippen LogP contribution in [0.4, 0.5) is 4.39 Å². The molecule has 0 saturated heterocycles. The Morgan fingerprint density at radius 1 is 1.20 bits per heavy atom. The maximum atomic E-state index is 13.7. The predicted octanol–water partition coefficient (Wildman–Crippen LogP) is 4.38. The van der Waals surface area contributed by atoms with Gasteiger partial charge in [0.05, 0.1) is 6.26 Å². The Morgan fingerprint density at radius 2 is 2.08 bits per heavy atom. The Labute approximate surface area is 149 Å². The maximum absolute atomic E-state index is 13.7. The fraction of sp³-hybridized carbons (Fsp3) is 0.158. The number of hydrogen-bond acceptors (Lipinski definition) is 3. The molecule has 3 aromatic rings. The summed E-state index contributed by atoms with van der Waals surface area (Å²) in [6, 6.07) is 11.8. The normalized spacial score (nSPS) is 10.6. The number of aromatic nitrogens is 1. The van der Waals surface area contributed by atoms with Gasteiger partial charge in [0.1, 0.15) is 11.5 Å². The maximum Gasteiger partial charge on any atom is 0.220 e. The van der Waals surface area contributed by atoms with E-state index in [0.717, 1.165) is 11.3 Å².